The topological polar surface area (TPSA) is 115 Å². The second-order valence-corrected chi connectivity index (χ2v) is 9.33. The van der Waals surface area contributed by atoms with Gasteiger partial charge in [0.25, 0.3) is 0 Å². The summed E-state index contributed by atoms with van der Waals surface area (Å²) in [5, 5.41) is 10.5. The highest BCUT2D eigenvalue weighted by molar-refractivity contribution is 7.88. The van der Waals surface area contributed by atoms with Crippen LogP contribution in [0.15, 0.2) is 53.6 Å². The summed E-state index contributed by atoms with van der Waals surface area (Å²) in [5.41, 5.74) is -2.90. The highest BCUT2D eigenvalue weighted by Gasteiger charge is 2.48. The molecule has 3 aromatic rings. The van der Waals surface area contributed by atoms with Gasteiger partial charge in [-0.15, -0.1) is 0 Å². The van der Waals surface area contributed by atoms with Crippen molar-refractivity contribution in [2.24, 2.45) is 0 Å². The van der Waals surface area contributed by atoms with E-state index in [0.29, 0.717) is 12.1 Å². The van der Waals surface area contributed by atoms with Gasteiger partial charge in [-0.05, 0) is 35.7 Å². The van der Waals surface area contributed by atoms with Crippen molar-refractivity contribution in [3.05, 3.63) is 81.5 Å². The molecular weight excluding hydrogens is 477 g/mol. The van der Waals surface area contributed by atoms with Crippen LogP contribution in [0, 0.1) is 6.92 Å². The van der Waals surface area contributed by atoms with Crippen LogP contribution in [0.4, 0.5) is 19.1 Å². The highest BCUT2D eigenvalue weighted by atomic mass is 32.2. The molecule has 0 saturated heterocycles. The Bertz CT molecular complexity index is 1370. The third kappa shape index (κ3) is 4.89. The Morgan fingerprint density at radius 2 is 1.88 bits per heavy atom. The SMILES string of the molecule is Cc1ccc2c(c1)C(O)CN(c1ncn(Cc3ccc(OS(=O)(=O)C(F)(F)F)cc3)c(=O)n1)C2. The Kier molecular flexibility index (Phi) is 6.08. The van der Waals surface area contributed by atoms with Crippen molar-refractivity contribution < 1.29 is 30.9 Å². The lowest BCUT2D eigenvalue weighted by Gasteiger charge is -2.32. The average molecular weight is 496 g/mol. The quantitative estimate of drug-likeness (QED) is 0.423. The van der Waals surface area contributed by atoms with E-state index in [4.69, 9.17) is 0 Å². The van der Waals surface area contributed by atoms with Gasteiger partial charge in [0.15, 0.2) is 0 Å². The zero-order valence-electron chi connectivity index (χ0n) is 17.7. The number of hydrogen-bond acceptors (Lipinski definition) is 8. The molecule has 1 aliphatic heterocycles. The number of β-amino-alcohol motifs (C(OH)–C–C–N with tert-alkyl or cyclic N) is 1. The molecule has 34 heavy (non-hydrogen) atoms. The first-order valence-electron chi connectivity index (χ1n) is 9.98. The van der Waals surface area contributed by atoms with Crippen LogP contribution in [0.5, 0.6) is 5.75 Å². The number of nitrogens with zero attached hydrogens (tertiary/aromatic N) is 4. The molecule has 2 aromatic carbocycles. The van der Waals surface area contributed by atoms with E-state index in [1.54, 1.807) is 4.90 Å². The fourth-order valence-electron chi connectivity index (χ4n) is 3.53. The second kappa shape index (κ2) is 8.72. The molecule has 0 amide bonds. The summed E-state index contributed by atoms with van der Waals surface area (Å²) in [4.78, 5) is 22.4. The van der Waals surface area contributed by atoms with E-state index < -0.39 is 33.2 Å². The number of benzene rings is 2. The largest absolute Gasteiger partial charge is 0.534 e. The first-order chi connectivity index (χ1) is 15.9. The maximum absolute atomic E-state index is 12.5. The molecule has 1 N–H and O–H groups in total. The molecule has 1 aromatic heterocycles. The first-order valence-corrected chi connectivity index (χ1v) is 11.4. The summed E-state index contributed by atoms with van der Waals surface area (Å²) in [7, 11) is -5.77. The Labute approximate surface area is 192 Å². The summed E-state index contributed by atoms with van der Waals surface area (Å²) in [6.45, 7) is 2.59. The van der Waals surface area contributed by atoms with E-state index >= 15 is 0 Å². The molecule has 0 aliphatic carbocycles. The summed E-state index contributed by atoms with van der Waals surface area (Å²) < 4.78 is 64.7. The number of fused-ring (bicyclic) bond motifs is 1. The molecule has 0 radical (unpaired) electrons. The molecule has 1 unspecified atom stereocenters. The molecule has 2 heterocycles. The summed E-state index contributed by atoms with van der Waals surface area (Å²) >= 11 is 0. The number of halogens is 3. The number of aryl methyl sites for hydroxylation is 1. The maximum atomic E-state index is 12.5. The standard InChI is InChI=1S/C21H19F3N4O5S/c1-13-2-5-15-10-27(11-18(29)17(15)8-13)19-25-12-28(20(30)26-19)9-14-3-6-16(7-4-14)33-34(31,32)21(22,23)24/h2-8,12,18,29H,9-11H2,1H3. The van der Waals surface area contributed by atoms with Crippen LogP contribution >= 0.6 is 0 Å². The van der Waals surface area contributed by atoms with E-state index in [-0.39, 0.29) is 19.0 Å². The molecule has 180 valence electrons. The predicted octanol–water partition coefficient (Wildman–Crippen LogP) is 2.28. The van der Waals surface area contributed by atoms with Crippen molar-refractivity contribution in [2.45, 2.75) is 31.6 Å². The van der Waals surface area contributed by atoms with Crippen LogP contribution < -0.4 is 14.8 Å². The minimum absolute atomic E-state index is 0.00382. The number of aromatic nitrogens is 3. The van der Waals surface area contributed by atoms with Crippen molar-refractivity contribution in [1.29, 1.82) is 0 Å². The van der Waals surface area contributed by atoms with Crippen LogP contribution in [-0.2, 0) is 23.2 Å². The molecule has 0 spiro atoms. The van der Waals surface area contributed by atoms with Gasteiger partial charge in [-0.2, -0.15) is 26.6 Å². The van der Waals surface area contributed by atoms with Crippen LogP contribution in [0.2, 0.25) is 0 Å². The second-order valence-electron chi connectivity index (χ2n) is 7.79. The molecular formula is C21H19F3N4O5S. The summed E-state index contributed by atoms with van der Waals surface area (Å²) in [6.07, 6.45) is 0.525. The van der Waals surface area contributed by atoms with Gasteiger partial charge in [0.1, 0.15) is 12.1 Å². The Hall–Kier alpha value is -3.45. The highest BCUT2D eigenvalue weighted by Crippen LogP contribution is 2.29. The van der Waals surface area contributed by atoms with E-state index in [1.807, 2.05) is 25.1 Å². The summed E-state index contributed by atoms with van der Waals surface area (Å²) in [6, 6.07) is 10.5. The predicted molar refractivity (Wildman–Crippen MR) is 115 cm³/mol. The molecule has 4 rings (SSSR count). The van der Waals surface area contributed by atoms with Crippen LogP contribution in [0.25, 0.3) is 0 Å². The van der Waals surface area contributed by atoms with Gasteiger partial charge in [-0.25, -0.2) is 9.78 Å². The van der Waals surface area contributed by atoms with Gasteiger partial charge < -0.3 is 14.2 Å². The minimum atomic E-state index is -5.77. The molecule has 0 saturated carbocycles. The minimum Gasteiger partial charge on any atom is -0.387 e. The monoisotopic (exact) mass is 496 g/mol. The molecule has 13 heteroatoms. The molecule has 0 bridgehead atoms. The Morgan fingerprint density at radius 1 is 1.18 bits per heavy atom. The molecule has 1 aliphatic rings. The maximum Gasteiger partial charge on any atom is 0.534 e. The van der Waals surface area contributed by atoms with Crippen LogP contribution in [-0.4, -0.2) is 40.1 Å². The van der Waals surface area contributed by atoms with Crippen molar-refractivity contribution >= 4 is 16.1 Å². The Balaban J connectivity index is 1.47. The third-order valence-corrected chi connectivity index (χ3v) is 6.20. The normalized spacial score (nSPS) is 16.3. The van der Waals surface area contributed by atoms with Crippen molar-refractivity contribution in [3.63, 3.8) is 0 Å². The van der Waals surface area contributed by atoms with E-state index in [9.17, 15) is 31.5 Å². The summed E-state index contributed by atoms with van der Waals surface area (Å²) in [5.74, 6) is -0.355. The third-order valence-electron chi connectivity index (χ3n) is 5.22. The Morgan fingerprint density at radius 3 is 2.53 bits per heavy atom. The number of hydrogen-bond donors (Lipinski definition) is 1. The van der Waals surface area contributed by atoms with Gasteiger partial charge in [0.2, 0.25) is 5.95 Å². The van der Waals surface area contributed by atoms with Gasteiger partial charge in [0.05, 0.1) is 19.2 Å². The molecule has 9 nitrogen and oxygen atoms in total. The van der Waals surface area contributed by atoms with Gasteiger partial charge in [-0.1, -0.05) is 35.9 Å². The van der Waals surface area contributed by atoms with E-state index in [1.165, 1.54) is 23.0 Å². The lowest BCUT2D eigenvalue weighted by atomic mass is 9.96. The number of anilines is 1. The average Bonchev–Trinajstić information content (AvgIpc) is 2.76. The van der Waals surface area contributed by atoms with Crippen molar-refractivity contribution in [1.82, 2.24) is 14.5 Å². The smallest absolute Gasteiger partial charge is 0.387 e. The lowest BCUT2D eigenvalue weighted by Crippen LogP contribution is -2.37. The zero-order chi connectivity index (χ0) is 24.7. The number of rotatable bonds is 5. The molecule has 0 fully saturated rings. The number of aliphatic hydroxyl groups excluding tert-OH is 1. The van der Waals surface area contributed by atoms with Crippen LogP contribution in [0.3, 0.4) is 0 Å². The van der Waals surface area contributed by atoms with Crippen LogP contribution in [0.1, 0.15) is 28.4 Å². The zero-order valence-corrected chi connectivity index (χ0v) is 18.5. The van der Waals surface area contributed by atoms with Gasteiger partial charge >= 0.3 is 21.3 Å². The van der Waals surface area contributed by atoms with E-state index in [0.717, 1.165) is 28.8 Å². The number of alkyl halides is 3. The van der Waals surface area contributed by atoms with Gasteiger partial charge in [-0.3, -0.25) is 4.57 Å². The fourth-order valence-corrected chi connectivity index (χ4v) is 3.99. The van der Waals surface area contributed by atoms with Crippen molar-refractivity contribution in [3.8, 4) is 5.75 Å². The fraction of sp³-hybridized carbons (Fsp3) is 0.286. The van der Waals surface area contributed by atoms with E-state index in [2.05, 4.69) is 14.2 Å². The lowest BCUT2D eigenvalue weighted by molar-refractivity contribution is -0.0500. The number of aliphatic hydroxyl groups is 1. The van der Waals surface area contributed by atoms with Crippen molar-refractivity contribution in [2.75, 3.05) is 11.4 Å². The van der Waals surface area contributed by atoms with Gasteiger partial charge in [0, 0.05) is 6.54 Å². The first kappa shape index (κ1) is 23.7. The molecule has 1 atom stereocenters.